The van der Waals surface area contributed by atoms with Crippen LogP contribution in [0.25, 0.3) is 0 Å². The van der Waals surface area contributed by atoms with Gasteiger partial charge in [-0.1, -0.05) is 19.9 Å². The molecule has 2 aromatic rings. The van der Waals surface area contributed by atoms with E-state index in [0.717, 1.165) is 5.82 Å². The lowest BCUT2D eigenvalue weighted by Gasteiger charge is -2.26. The Kier molecular flexibility index (Phi) is 4.74. The summed E-state index contributed by atoms with van der Waals surface area (Å²) < 4.78 is 2.02. The Morgan fingerprint density at radius 1 is 1.47 bits per heavy atom. The number of aliphatic hydroxyl groups excluding tert-OH is 1. The average molecular weight is 279 g/mol. The summed E-state index contributed by atoms with van der Waals surface area (Å²) >= 11 is 1.70. The maximum atomic E-state index is 9.52. The number of aromatic nitrogens is 2. The van der Waals surface area contributed by atoms with Gasteiger partial charge in [-0.2, -0.15) is 0 Å². The molecule has 2 atom stereocenters. The number of thiophene rings is 1. The summed E-state index contributed by atoms with van der Waals surface area (Å²) in [5.41, 5.74) is 0. The first-order chi connectivity index (χ1) is 9.13. The van der Waals surface area contributed by atoms with Crippen LogP contribution in [0.4, 0.5) is 0 Å². The molecule has 1 unspecified atom stereocenters. The van der Waals surface area contributed by atoms with E-state index >= 15 is 0 Å². The van der Waals surface area contributed by atoms with Gasteiger partial charge in [0.25, 0.3) is 0 Å². The van der Waals surface area contributed by atoms with E-state index in [1.807, 2.05) is 23.9 Å². The third kappa shape index (κ3) is 3.23. The molecule has 0 saturated heterocycles. The van der Waals surface area contributed by atoms with Gasteiger partial charge < -0.3 is 9.67 Å². The van der Waals surface area contributed by atoms with Crippen LogP contribution >= 0.6 is 11.3 Å². The molecule has 0 saturated carbocycles. The zero-order valence-electron chi connectivity index (χ0n) is 11.6. The normalized spacial score (nSPS) is 14.8. The lowest BCUT2D eigenvalue weighted by molar-refractivity contribution is 0.203. The molecule has 2 aromatic heterocycles. The van der Waals surface area contributed by atoms with Gasteiger partial charge in [-0.3, -0.25) is 5.32 Å². The average Bonchev–Trinajstić information content (AvgIpc) is 3.02. The number of aliphatic hydroxyl groups is 1. The van der Waals surface area contributed by atoms with Gasteiger partial charge in [-0.15, -0.1) is 11.3 Å². The van der Waals surface area contributed by atoms with Gasteiger partial charge in [0.1, 0.15) is 11.9 Å². The highest BCUT2D eigenvalue weighted by atomic mass is 32.1. The van der Waals surface area contributed by atoms with Crippen molar-refractivity contribution in [2.24, 2.45) is 13.0 Å². The fraction of sp³-hybridized carbons (Fsp3) is 0.500. The quantitative estimate of drug-likeness (QED) is 0.852. The van der Waals surface area contributed by atoms with Crippen molar-refractivity contribution in [1.29, 1.82) is 0 Å². The minimum atomic E-state index is 0.0274. The highest BCUT2D eigenvalue weighted by Crippen LogP contribution is 2.26. The molecule has 2 N–H and O–H groups in total. The summed E-state index contributed by atoms with van der Waals surface area (Å²) in [7, 11) is 1.99. The van der Waals surface area contributed by atoms with Crippen molar-refractivity contribution < 1.29 is 5.11 Å². The third-order valence-electron chi connectivity index (χ3n) is 3.33. The molecule has 0 radical (unpaired) electrons. The minimum Gasteiger partial charge on any atom is -0.395 e. The summed E-state index contributed by atoms with van der Waals surface area (Å²) in [5.74, 6) is 1.34. The first-order valence-corrected chi connectivity index (χ1v) is 7.39. The Morgan fingerprint density at radius 3 is 2.74 bits per heavy atom. The third-order valence-corrected chi connectivity index (χ3v) is 4.26. The zero-order valence-corrected chi connectivity index (χ0v) is 12.4. The van der Waals surface area contributed by atoms with Crippen LogP contribution in [0.3, 0.4) is 0 Å². The molecular formula is C14H21N3OS. The van der Waals surface area contributed by atoms with Crippen molar-refractivity contribution >= 4 is 11.3 Å². The van der Waals surface area contributed by atoms with E-state index in [1.54, 1.807) is 17.5 Å². The smallest absolute Gasteiger partial charge is 0.131 e. The van der Waals surface area contributed by atoms with Crippen molar-refractivity contribution in [3.05, 3.63) is 40.6 Å². The molecule has 0 aromatic carbocycles. The van der Waals surface area contributed by atoms with Crippen molar-refractivity contribution in [2.45, 2.75) is 25.9 Å². The zero-order chi connectivity index (χ0) is 13.8. The predicted octanol–water partition coefficient (Wildman–Crippen LogP) is 2.18. The molecule has 0 fully saturated rings. The van der Waals surface area contributed by atoms with Crippen LogP contribution in [-0.4, -0.2) is 27.3 Å². The Morgan fingerprint density at radius 2 is 2.26 bits per heavy atom. The van der Waals surface area contributed by atoms with Crippen LogP contribution in [0, 0.1) is 5.92 Å². The molecule has 0 bridgehead atoms. The molecule has 4 nitrogen and oxygen atoms in total. The summed E-state index contributed by atoms with van der Waals surface area (Å²) in [4.78, 5) is 5.66. The van der Waals surface area contributed by atoms with Crippen molar-refractivity contribution in [3.63, 3.8) is 0 Å². The second-order valence-corrected chi connectivity index (χ2v) is 6.02. The topological polar surface area (TPSA) is 50.1 Å². The number of hydrogen-bond acceptors (Lipinski definition) is 4. The summed E-state index contributed by atoms with van der Waals surface area (Å²) in [6.07, 6.45) is 3.75. The fourth-order valence-corrected chi connectivity index (χ4v) is 2.85. The Labute approximate surface area is 118 Å². The summed E-state index contributed by atoms with van der Waals surface area (Å²) in [6, 6.07) is 4.23. The van der Waals surface area contributed by atoms with Crippen LogP contribution in [0.15, 0.2) is 29.9 Å². The standard InChI is InChI=1S/C14H21N3OS/c1-10(2)11(9-18)16-13(12-5-4-8-19-12)14-15-6-7-17(14)3/h4-8,10-11,13,16,18H,9H2,1-3H3/t11-,13?/m1/s1. The highest BCUT2D eigenvalue weighted by Gasteiger charge is 2.24. The van der Waals surface area contributed by atoms with Crippen LogP contribution < -0.4 is 5.32 Å². The molecule has 2 rings (SSSR count). The molecule has 104 valence electrons. The Balaban J connectivity index is 2.28. The maximum absolute atomic E-state index is 9.52. The van der Waals surface area contributed by atoms with Crippen molar-refractivity contribution in [3.8, 4) is 0 Å². The van der Waals surface area contributed by atoms with E-state index in [-0.39, 0.29) is 18.7 Å². The van der Waals surface area contributed by atoms with Gasteiger partial charge >= 0.3 is 0 Å². The predicted molar refractivity (Wildman–Crippen MR) is 78.2 cm³/mol. The van der Waals surface area contributed by atoms with E-state index in [1.165, 1.54) is 4.88 Å². The van der Waals surface area contributed by atoms with E-state index in [2.05, 4.69) is 35.6 Å². The van der Waals surface area contributed by atoms with E-state index in [4.69, 9.17) is 0 Å². The Hall–Kier alpha value is -1.17. The van der Waals surface area contributed by atoms with E-state index < -0.39 is 0 Å². The van der Waals surface area contributed by atoms with Crippen LogP contribution in [0.1, 0.15) is 30.6 Å². The van der Waals surface area contributed by atoms with Crippen molar-refractivity contribution in [1.82, 2.24) is 14.9 Å². The SMILES string of the molecule is CC(C)[C@@H](CO)NC(c1cccs1)c1nccn1C. The van der Waals surface area contributed by atoms with Crippen molar-refractivity contribution in [2.75, 3.05) is 6.61 Å². The highest BCUT2D eigenvalue weighted by molar-refractivity contribution is 7.10. The van der Waals surface area contributed by atoms with Crippen LogP contribution in [-0.2, 0) is 7.05 Å². The minimum absolute atomic E-state index is 0.0274. The number of imidazole rings is 1. The van der Waals surface area contributed by atoms with Gasteiger partial charge in [0.15, 0.2) is 0 Å². The van der Waals surface area contributed by atoms with E-state index in [9.17, 15) is 5.11 Å². The monoisotopic (exact) mass is 279 g/mol. The molecule has 19 heavy (non-hydrogen) atoms. The largest absolute Gasteiger partial charge is 0.395 e. The number of nitrogens with zero attached hydrogens (tertiary/aromatic N) is 2. The van der Waals surface area contributed by atoms with Gasteiger partial charge in [0, 0.05) is 30.4 Å². The molecule has 0 amide bonds. The summed E-state index contributed by atoms with van der Waals surface area (Å²) in [5, 5.41) is 15.1. The molecule has 0 aliphatic rings. The van der Waals surface area contributed by atoms with Crippen LogP contribution in [0.5, 0.6) is 0 Å². The fourth-order valence-electron chi connectivity index (χ4n) is 2.06. The van der Waals surface area contributed by atoms with E-state index in [0.29, 0.717) is 5.92 Å². The number of nitrogens with one attached hydrogen (secondary N) is 1. The van der Waals surface area contributed by atoms with Gasteiger partial charge in [0.05, 0.1) is 6.61 Å². The first-order valence-electron chi connectivity index (χ1n) is 6.51. The number of aryl methyl sites for hydroxylation is 1. The number of rotatable bonds is 6. The molecule has 2 heterocycles. The second kappa shape index (κ2) is 6.32. The first kappa shape index (κ1) is 14.2. The summed E-state index contributed by atoms with van der Waals surface area (Å²) in [6.45, 7) is 4.35. The lowest BCUT2D eigenvalue weighted by Crippen LogP contribution is -2.40. The number of hydrogen-bond donors (Lipinski definition) is 2. The van der Waals surface area contributed by atoms with Gasteiger partial charge in [-0.05, 0) is 17.4 Å². The molecule has 0 aliphatic carbocycles. The van der Waals surface area contributed by atoms with Crippen LogP contribution in [0.2, 0.25) is 0 Å². The lowest BCUT2D eigenvalue weighted by atomic mass is 10.0. The molecule has 0 aliphatic heterocycles. The molecule has 0 spiro atoms. The molecule has 5 heteroatoms. The van der Waals surface area contributed by atoms with Gasteiger partial charge in [-0.25, -0.2) is 4.98 Å². The second-order valence-electron chi connectivity index (χ2n) is 5.04. The van der Waals surface area contributed by atoms with Gasteiger partial charge in [0.2, 0.25) is 0 Å². The molecular weight excluding hydrogens is 258 g/mol. The maximum Gasteiger partial charge on any atom is 0.131 e. The Bertz CT molecular complexity index is 493.